The third kappa shape index (κ3) is 5.53. The highest BCUT2D eigenvalue weighted by molar-refractivity contribution is 6.05. The molecule has 2 aromatic heterocycles. The van der Waals surface area contributed by atoms with Crippen molar-refractivity contribution in [2.45, 2.75) is 26.3 Å². The Hall–Kier alpha value is -2.75. The van der Waals surface area contributed by atoms with Crippen LogP contribution in [-0.2, 0) is 6.54 Å². The van der Waals surface area contributed by atoms with Gasteiger partial charge in [-0.25, -0.2) is 4.39 Å². The molecule has 1 atom stereocenters. The number of nitrogens with one attached hydrogen (secondary N) is 2. The molecule has 1 saturated heterocycles. The predicted molar refractivity (Wildman–Crippen MR) is 125 cm³/mol. The SMILES string of the molecule is Cc1ccn(CC2CCCNC2)c(=O)c1C(=O)Nc1cc(-n2cnnc2)ccc1F.Cl.Cl. The van der Waals surface area contributed by atoms with Crippen molar-refractivity contribution in [1.82, 2.24) is 24.6 Å². The van der Waals surface area contributed by atoms with Crippen LogP contribution in [0.15, 0.2) is 47.9 Å². The molecule has 4 rings (SSSR count). The molecule has 1 fully saturated rings. The first-order valence-electron chi connectivity index (χ1n) is 9.89. The van der Waals surface area contributed by atoms with Crippen LogP contribution in [0, 0.1) is 18.7 Å². The van der Waals surface area contributed by atoms with E-state index in [1.807, 2.05) is 0 Å². The number of aryl methyl sites for hydroxylation is 1. The first kappa shape index (κ1) is 25.5. The summed E-state index contributed by atoms with van der Waals surface area (Å²) < 4.78 is 17.5. The number of pyridine rings is 1. The number of rotatable bonds is 5. The van der Waals surface area contributed by atoms with Gasteiger partial charge in [0.25, 0.3) is 11.5 Å². The highest BCUT2D eigenvalue weighted by Crippen LogP contribution is 2.20. The standard InChI is InChI=1S/C21H23FN6O2.2ClH/c1-14-6-8-27(11-15-3-2-7-23-10-15)21(30)19(14)20(29)26-18-9-16(4-5-17(18)22)28-12-24-25-13-28;;/h4-6,8-9,12-13,15,23H,2-3,7,10-11H2,1H3,(H,26,29);2*1H. The Morgan fingerprint density at radius 2 is 2.00 bits per heavy atom. The Balaban J connectivity index is 0.00000181. The maximum Gasteiger partial charge on any atom is 0.263 e. The van der Waals surface area contributed by atoms with Crippen molar-refractivity contribution in [2.75, 3.05) is 18.4 Å². The predicted octanol–water partition coefficient (Wildman–Crippen LogP) is 2.97. The maximum absolute atomic E-state index is 14.3. The van der Waals surface area contributed by atoms with Gasteiger partial charge in [0.05, 0.1) is 11.4 Å². The zero-order valence-electron chi connectivity index (χ0n) is 17.5. The minimum atomic E-state index is -0.631. The molecule has 3 heterocycles. The third-order valence-electron chi connectivity index (χ3n) is 5.37. The molecule has 0 spiro atoms. The molecule has 3 aromatic rings. The summed E-state index contributed by atoms with van der Waals surface area (Å²) in [5.41, 5.74) is 0.773. The first-order valence-corrected chi connectivity index (χ1v) is 9.89. The average Bonchev–Trinajstić information content (AvgIpc) is 3.27. The zero-order chi connectivity index (χ0) is 21.1. The van der Waals surface area contributed by atoms with Crippen LogP contribution in [0.25, 0.3) is 5.69 Å². The van der Waals surface area contributed by atoms with Gasteiger partial charge in [0.2, 0.25) is 0 Å². The van der Waals surface area contributed by atoms with Crippen LogP contribution in [0.3, 0.4) is 0 Å². The highest BCUT2D eigenvalue weighted by Gasteiger charge is 2.20. The minimum Gasteiger partial charge on any atom is -0.319 e. The van der Waals surface area contributed by atoms with Crippen molar-refractivity contribution < 1.29 is 9.18 Å². The molecule has 1 aliphatic heterocycles. The Morgan fingerprint density at radius 1 is 1.25 bits per heavy atom. The van der Waals surface area contributed by atoms with E-state index in [9.17, 15) is 14.0 Å². The Bertz CT molecular complexity index is 1110. The Labute approximate surface area is 197 Å². The number of halogens is 3. The van der Waals surface area contributed by atoms with Crippen LogP contribution < -0.4 is 16.2 Å². The van der Waals surface area contributed by atoms with Crippen molar-refractivity contribution in [2.24, 2.45) is 5.92 Å². The van der Waals surface area contributed by atoms with Gasteiger partial charge in [-0.05, 0) is 68.6 Å². The Kier molecular flexibility index (Phi) is 8.94. The van der Waals surface area contributed by atoms with Crippen molar-refractivity contribution >= 4 is 36.4 Å². The first-order chi connectivity index (χ1) is 14.5. The molecule has 1 amide bonds. The number of hydrogen-bond donors (Lipinski definition) is 2. The zero-order valence-corrected chi connectivity index (χ0v) is 19.1. The summed E-state index contributed by atoms with van der Waals surface area (Å²) in [5.74, 6) is -0.885. The molecule has 1 aromatic carbocycles. The van der Waals surface area contributed by atoms with E-state index in [4.69, 9.17) is 0 Å². The van der Waals surface area contributed by atoms with E-state index in [1.165, 1.54) is 24.8 Å². The summed E-state index contributed by atoms with van der Waals surface area (Å²) in [6.07, 6.45) is 6.77. The van der Waals surface area contributed by atoms with E-state index in [0.29, 0.717) is 23.7 Å². The number of carbonyl (C=O) groups excluding carboxylic acids is 1. The monoisotopic (exact) mass is 482 g/mol. The normalized spacial score (nSPS) is 15.4. The van der Waals surface area contributed by atoms with Gasteiger partial charge in [-0.2, -0.15) is 0 Å². The second-order valence-electron chi connectivity index (χ2n) is 7.53. The van der Waals surface area contributed by atoms with Gasteiger partial charge in [-0.3, -0.25) is 14.2 Å². The number of aromatic nitrogens is 4. The number of carbonyl (C=O) groups is 1. The topological polar surface area (TPSA) is 93.8 Å². The summed E-state index contributed by atoms with van der Waals surface area (Å²) in [7, 11) is 0. The molecular formula is C21H25Cl2FN6O2. The number of benzene rings is 1. The molecule has 1 unspecified atom stereocenters. The molecule has 172 valence electrons. The van der Waals surface area contributed by atoms with Crippen molar-refractivity contribution in [3.63, 3.8) is 0 Å². The summed E-state index contributed by atoms with van der Waals surface area (Å²) in [6.45, 7) is 4.09. The molecule has 11 heteroatoms. The lowest BCUT2D eigenvalue weighted by atomic mass is 9.99. The molecule has 0 aliphatic carbocycles. The molecule has 0 radical (unpaired) electrons. The van der Waals surface area contributed by atoms with Gasteiger partial charge >= 0.3 is 0 Å². The van der Waals surface area contributed by atoms with Crippen molar-refractivity contribution in [3.8, 4) is 5.69 Å². The van der Waals surface area contributed by atoms with E-state index in [0.717, 1.165) is 25.9 Å². The van der Waals surface area contributed by atoms with Crippen LogP contribution in [0.5, 0.6) is 0 Å². The van der Waals surface area contributed by atoms with E-state index < -0.39 is 11.7 Å². The lowest BCUT2D eigenvalue weighted by Gasteiger charge is -2.23. The molecule has 0 bridgehead atoms. The van der Waals surface area contributed by atoms with E-state index in [-0.39, 0.29) is 41.6 Å². The van der Waals surface area contributed by atoms with Crippen LogP contribution >= 0.6 is 24.8 Å². The van der Waals surface area contributed by atoms with Gasteiger partial charge in [0.1, 0.15) is 24.0 Å². The van der Waals surface area contributed by atoms with Crippen LogP contribution in [0.1, 0.15) is 28.8 Å². The smallest absolute Gasteiger partial charge is 0.263 e. The van der Waals surface area contributed by atoms with Crippen LogP contribution in [0.2, 0.25) is 0 Å². The summed E-state index contributed by atoms with van der Waals surface area (Å²) >= 11 is 0. The molecule has 1 aliphatic rings. The summed E-state index contributed by atoms with van der Waals surface area (Å²) in [6, 6.07) is 6.02. The number of anilines is 1. The van der Waals surface area contributed by atoms with Crippen molar-refractivity contribution in [3.05, 3.63) is 70.4 Å². The molecule has 2 N–H and O–H groups in total. The molecule has 8 nitrogen and oxygen atoms in total. The highest BCUT2D eigenvalue weighted by atomic mass is 35.5. The fourth-order valence-corrected chi connectivity index (χ4v) is 3.73. The third-order valence-corrected chi connectivity index (χ3v) is 5.37. The Morgan fingerprint density at radius 3 is 2.69 bits per heavy atom. The van der Waals surface area contributed by atoms with Gasteiger partial charge in [-0.15, -0.1) is 35.0 Å². The van der Waals surface area contributed by atoms with E-state index in [2.05, 4.69) is 20.8 Å². The summed E-state index contributed by atoms with van der Waals surface area (Å²) in [5, 5.41) is 13.3. The average molecular weight is 483 g/mol. The van der Waals surface area contributed by atoms with Gasteiger partial charge in [-0.1, -0.05) is 0 Å². The number of nitrogens with zero attached hydrogens (tertiary/aromatic N) is 4. The summed E-state index contributed by atoms with van der Waals surface area (Å²) in [4.78, 5) is 25.9. The number of amides is 1. The molecule has 32 heavy (non-hydrogen) atoms. The number of piperidine rings is 1. The van der Waals surface area contributed by atoms with Gasteiger partial charge in [0, 0.05) is 12.7 Å². The van der Waals surface area contributed by atoms with Crippen molar-refractivity contribution in [1.29, 1.82) is 0 Å². The van der Waals surface area contributed by atoms with Gasteiger partial charge in [0.15, 0.2) is 0 Å². The lowest BCUT2D eigenvalue weighted by Crippen LogP contribution is -2.36. The maximum atomic E-state index is 14.3. The lowest BCUT2D eigenvalue weighted by molar-refractivity contribution is 0.102. The number of hydrogen-bond acceptors (Lipinski definition) is 5. The van der Waals surface area contributed by atoms with E-state index in [1.54, 1.807) is 34.4 Å². The quantitative estimate of drug-likeness (QED) is 0.582. The molecule has 0 saturated carbocycles. The van der Waals surface area contributed by atoms with E-state index >= 15 is 0 Å². The second-order valence-corrected chi connectivity index (χ2v) is 7.53. The largest absolute Gasteiger partial charge is 0.319 e. The van der Waals surface area contributed by atoms with Crippen LogP contribution in [-0.4, -0.2) is 38.3 Å². The minimum absolute atomic E-state index is 0. The van der Waals surface area contributed by atoms with Crippen LogP contribution in [0.4, 0.5) is 10.1 Å². The molecular weight excluding hydrogens is 458 g/mol. The fourth-order valence-electron chi connectivity index (χ4n) is 3.73. The van der Waals surface area contributed by atoms with Gasteiger partial charge < -0.3 is 15.2 Å². The fraction of sp³-hybridized carbons (Fsp3) is 0.333. The second kappa shape index (κ2) is 11.2.